The summed E-state index contributed by atoms with van der Waals surface area (Å²) in [7, 11) is 0. The van der Waals surface area contributed by atoms with Crippen LogP contribution in [0, 0.1) is 5.82 Å². The van der Waals surface area contributed by atoms with Gasteiger partial charge in [0.15, 0.2) is 17.2 Å². The molecule has 0 aliphatic carbocycles. The number of halogens is 1. The molecule has 11 heteroatoms. The Morgan fingerprint density at radius 1 is 1.11 bits per heavy atom. The highest BCUT2D eigenvalue weighted by molar-refractivity contribution is 7.91. The number of benzene rings is 1. The van der Waals surface area contributed by atoms with E-state index in [4.69, 9.17) is 19.1 Å². The lowest BCUT2D eigenvalue weighted by Gasteiger charge is -2.28. The monoisotopic (exact) mass is 520 g/mol. The van der Waals surface area contributed by atoms with Crippen LogP contribution in [0.1, 0.15) is 5.56 Å². The second kappa shape index (κ2) is 9.25. The number of anilines is 1. The summed E-state index contributed by atoms with van der Waals surface area (Å²) in [6, 6.07) is 7.62. The van der Waals surface area contributed by atoms with Crippen molar-refractivity contribution in [1.29, 1.82) is 0 Å². The number of nitrogens with one attached hydrogen (secondary N) is 1. The van der Waals surface area contributed by atoms with E-state index >= 15 is 0 Å². The lowest BCUT2D eigenvalue weighted by atomic mass is 10.1. The van der Waals surface area contributed by atoms with Crippen LogP contribution in [0.5, 0.6) is 0 Å². The summed E-state index contributed by atoms with van der Waals surface area (Å²) in [5, 5.41) is 1.26. The third-order valence-electron chi connectivity index (χ3n) is 7.10. The minimum Gasteiger partial charge on any atom is -0.616 e. The lowest BCUT2D eigenvalue weighted by Crippen LogP contribution is -2.39. The minimum atomic E-state index is -0.720. The van der Waals surface area contributed by atoms with Gasteiger partial charge in [-0.25, -0.2) is 19.3 Å². The van der Waals surface area contributed by atoms with Gasteiger partial charge in [0, 0.05) is 61.6 Å². The summed E-state index contributed by atoms with van der Waals surface area (Å²) in [5.74, 6) is 2.15. The van der Waals surface area contributed by atoms with E-state index in [9.17, 15) is 8.94 Å². The van der Waals surface area contributed by atoms with Crippen LogP contribution in [-0.2, 0) is 22.5 Å². The van der Waals surface area contributed by atoms with E-state index in [2.05, 4.69) is 25.8 Å². The van der Waals surface area contributed by atoms with Gasteiger partial charge in [-0.15, -0.1) is 0 Å². The van der Waals surface area contributed by atoms with E-state index in [0.29, 0.717) is 82.7 Å². The van der Waals surface area contributed by atoms with Crippen LogP contribution in [0.25, 0.3) is 44.5 Å². The Bertz CT molecular complexity index is 1610. The third-order valence-corrected chi connectivity index (χ3v) is 8.37. The Labute approximate surface area is 214 Å². The average molecular weight is 521 g/mol. The zero-order valence-corrected chi connectivity index (χ0v) is 20.9. The van der Waals surface area contributed by atoms with Crippen molar-refractivity contribution in [2.75, 3.05) is 55.8 Å². The first kappa shape index (κ1) is 22.9. The molecule has 5 aromatic rings. The van der Waals surface area contributed by atoms with Gasteiger partial charge in [-0.05, 0) is 17.7 Å². The Hall–Kier alpha value is -3.25. The van der Waals surface area contributed by atoms with Crippen molar-refractivity contribution in [3.8, 4) is 11.4 Å². The molecule has 190 valence electrons. The molecule has 7 rings (SSSR count). The summed E-state index contributed by atoms with van der Waals surface area (Å²) in [6.07, 6.45) is 3.18. The summed E-state index contributed by atoms with van der Waals surface area (Å²) < 4.78 is 38.3. The smallest absolute Gasteiger partial charge is 0.229 e. The molecular weight excluding hydrogens is 495 g/mol. The second-order valence-electron chi connectivity index (χ2n) is 9.44. The molecule has 2 aliphatic heterocycles. The highest BCUT2D eigenvalue weighted by Gasteiger charge is 2.25. The van der Waals surface area contributed by atoms with Gasteiger partial charge in [0.25, 0.3) is 0 Å². The molecule has 2 fully saturated rings. The SMILES string of the molecule is [O-][S+]1CCN(Cc2cnc3oc4c(N5CCOCC5)nc(-c5cccc6[nH]cc(F)c56)nc4c3c2)CC1. The number of nitrogens with zero attached hydrogens (tertiary/aromatic N) is 5. The molecule has 9 nitrogen and oxygen atoms in total. The van der Waals surface area contributed by atoms with E-state index in [-0.39, 0.29) is 5.82 Å². The Morgan fingerprint density at radius 3 is 2.78 bits per heavy atom. The molecule has 1 N–H and O–H groups in total. The highest BCUT2D eigenvalue weighted by Crippen LogP contribution is 2.37. The number of aromatic nitrogens is 4. The number of rotatable bonds is 4. The average Bonchev–Trinajstić information content (AvgIpc) is 3.50. The fraction of sp³-hybridized carbons (Fsp3) is 0.346. The number of aromatic amines is 1. The molecule has 0 spiro atoms. The first-order chi connectivity index (χ1) is 18.1. The molecule has 0 radical (unpaired) electrons. The minimum absolute atomic E-state index is 0.342. The van der Waals surface area contributed by atoms with Gasteiger partial charge in [-0.2, -0.15) is 0 Å². The number of hydrogen-bond donors (Lipinski definition) is 1. The number of hydrogen-bond acceptors (Lipinski definition) is 8. The highest BCUT2D eigenvalue weighted by atomic mass is 32.2. The number of ether oxygens (including phenoxy) is 1. The summed E-state index contributed by atoms with van der Waals surface area (Å²) in [5.41, 5.74) is 4.06. The van der Waals surface area contributed by atoms with Crippen LogP contribution < -0.4 is 4.90 Å². The Kier molecular flexibility index (Phi) is 5.73. The van der Waals surface area contributed by atoms with Crippen LogP contribution in [0.4, 0.5) is 10.2 Å². The van der Waals surface area contributed by atoms with Gasteiger partial charge in [0.05, 0.1) is 18.6 Å². The van der Waals surface area contributed by atoms with Crippen molar-refractivity contribution in [1.82, 2.24) is 24.8 Å². The van der Waals surface area contributed by atoms with Crippen LogP contribution in [0.15, 0.2) is 41.1 Å². The lowest BCUT2D eigenvalue weighted by molar-refractivity contribution is 0.122. The first-order valence-corrected chi connectivity index (χ1v) is 13.9. The molecule has 0 bridgehead atoms. The molecule has 0 atom stereocenters. The summed E-state index contributed by atoms with van der Waals surface area (Å²) in [6.45, 7) is 4.83. The summed E-state index contributed by atoms with van der Waals surface area (Å²) >= 11 is -0.720. The topological polar surface area (TPSA) is 106 Å². The second-order valence-corrected chi connectivity index (χ2v) is 11.1. The molecule has 6 heterocycles. The molecule has 0 amide bonds. The summed E-state index contributed by atoms with van der Waals surface area (Å²) in [4.78, 5) is 21.8. The zero-order valence-electron chi connectivity index (χ0n) is 20.1. The van der Waals surface area contributed by atoms with Crippen LogP contribution in [-0.4, -0.2) is 80.3 Å². The van der Waals surface area contributed by atoms with E-state index < -0.39 is 11.2 Å². The maximum Gasteiger partial charge on any atom is 0.229 e. The largest absolute Gasteiger partial charge is 0.616 e. The van der Waals surface area contributed by atoms with E-state index in [1.807, 2.05) is 24.4 Å². The molecule has 0 unspecified atom stereocenters. The number of fused-ring (bicyclic) bond motifs is 4. The molecule has 2 aliphatic rings. The van der Waals surface area contributed by atoms with E-state index in [1.54, 1.807) is 0 Å². The molecule has 0 saturated carbocycles. The third kappa shape index (κ3) is 4.11. The van der Waals surface area contributed by atoms with E-state index in [0.717, 1.165) is 30.6 Å². The normalized spacial score (nSPS) is 17.9. The van der Waals surface area contributed by atoms with Gasteiger partial charge in [0.1, 0.15) is 22.8 Å². The first-order valence-electron chi connectivity index (χ1n) is 12.4. The predicted molar refractivity (Wildman–Crippen MR) is 141 cm³/mol. The molecule has 4 aromatic heterocycles. The van der Waals surface area contributed by atoms with Gasteiger partial charge in [-0.3, -0.25) is 4.90 Å². The van der Waals surface area contributed by atoms with Crippen molar-refractivity contribution in [3.63, 3.8) is 0 Å². The van der Waals surface area contributed by atoms with E-state index in [1.165, 1.54) is 6.20 Å². The number of furan rings is 1. The fourth-order valence-electron chi connectivity index (χ4n) is 5.18. The van der Waals surface area contributed by atoms with Gasteiger partial charge in [0.2, 0.25) is 5.71 Å². The van der Waals surface area contributed by atoms with Crippen LogP contribution in [0.3, 0.4) is 0 Å². The number of morpholine rings is 1. The predicted octanol–water partition coefficient (Wildman–Crippen LogP) is 3.46. The quantitative estimate of drug-likeness (QED) is 0.359. The van der Waals surface area contributed by atoms with Crippen molar-refractivity contribution in [2.24, 2.45) is 0 Å². The standard InChI is InChI=1S/C26H25FN6O3S/c27-19-14-28-20-3-1-2-17(21(19)20)24-30-22-18-12-16(15-32-6-10-37(34)11-7-32)13-29-26(18)36-23(22)25(31-24)33-4-8-35-9-5-33/h1-3,12-14,28H,4-11,15H2. The Balaban J connectivity index is 1.39. The number of H-pyrrole nitrogens is 1. The zero-order chi connectivity index (χ0) is 24.9. The van der Waals surface area contributed by atoms with Gasteiger partial charge in [-0.1, -0.05) is 23.3 Å². The number of pyridine rings is 1. The van der Waals surface area contributed by atoms with Gasteiger partial charge < -0.3 is 23.6 Å². The van der Waals surface area contributed by atoms with Crippen LogP contribution >= 0.6 is 0 Å². The van der Waals surface area contributed by atoms with Crippen molar-refractivity contribution >= 4 is 50.1 Å². The fourth-order valence-corrected chi connectivity index (χ4v) is 6.30. The maximum atomic E-state index is 14.8. The van der Waals surface area contributed by atoms with Crippen LogP contribution in [0.2, 0.25) is 0 Å². The molecule has 2 saturated heterocycles. The van der Waals surface area contributed by atoms with Crippen molar-refractivity contribution in [3.05, 3.63) is 48.0 Å². The maximum absolute atomic E-state index is 14.8. The van der Waals surface area contributed by atoms with Crippen molar-refractivity contribution in [2.45, 2.75) is 6.54 Å². The van der Waals surface area contributed by atoms with Gasteiger partial charge >= 0.3 is 0 Å². The molecule has 37 heavy (non-hydrogen) atoms. The molecule has 1 aromatic carbocycles. The Morgan fingerprint density at radius 2 is 1.95 bits per heavy atom. The molecular formula is C26H25FN6O3S. The van der Waals surface area contributed by atoms with Crippen molar-refractivity contribution < 1.29 is 18.1 Å².